The third-order valence-electron chi connectivity index (χ3n) is 15.3. The number of nitrogens with two attached hydrogens (primary N) is 6. The molecule has 1 fully saturated rings. The van der Waals surface area contributed by atoms with Crippen LogP contribution in [0.3, 0.4) is 0 Å². The Morgan fingerprint density at radius 3 is 1.54 bits per heavy atom. The number of rotatable bonds is 36. The molecule has 1 aliphatic heterocycles. The molecule has 1 aliphatic rings. The number of benzene rings is 4. The van der Waals surface area contributed by atoms with Gasteiger partial charge in [0.1, 0.15) is 54.1 Å². The molecular formula is C63H90N18O11. The summed E-state index contributed by atoms with van der Waals surface area (Å²) < 4.78 is 0. The number of aliphatic imine (C=N–C) groups is 2. The molecule has 5 rings (SSSR count). The van der Waals surface area contributed by atoms with E-state index in [4.69, 9.17) is 34.4 Å². The van der Waals surface area contributed by atoms with Crippen molar-refractivity contribution in [1.82, 2.24) is 52.3 Å². The summed E-state index contributed by atoms with van der Waals surface area (Å²) in [5.74, 6) is -8.73. The number of amides is 10. The Morgan fingerprint density at radius 2 is 0.989 bits per heavy atom. The van der Waals surface area contributed by atoms with E-state index < -0.39 is 114 Å². The van der Waals surface area contributed by atoms with Crippen LogP contribution in [0.4, 0.5) is 0 Å². The van der Waals surface area contributed by atoms with Gasteiger partial charge < -0.3 is 86.9 Å². The Kier molecular flexibility index (Phi) is 29.0. The van der Waals surface area contributed by atoms with E-state index in [9.17, 15) is 48.3 Å². The molecule has 0 aliphatic carbocycles. The second-order valence-corrected chi connectivity index (χ2v) is 23.2. The van der Waals surface area contributed by atoms with E-state index in [2.05, 4.69) is 52.5 Å². The lowest BCUT2D eigenvalue weighted by molar-refractivity contribution is -0.142. The average molecular weight is 1280 g/mol. The van der Waals surface area contributed by atoms with Gasteiger partial charge in [-0.3, -0.25) is 62.8 Å². The number of hydrogen-bond acceptors (Lipinski definition) is 15. The van der Waals surface area contributed by atoms with E-state index in [1.54, 1.807) is 42.5 Å². The lowest BCUT2D eigenvalue weighted by Crippen LogP contribution is -2.61. The summed E-state index contributed by atoms with van der Waals surface area (Å²) >= 11 is 0. The molecular weight excluding hydrogens is 1180 g/mol. The minimum atomic E-state index is -1.52. The van der Waals surface area contributed by atoms with Crippen molar-refractivity contribution in [2.45, 2.75) is 127 Å². The number of phenolic OH excluding ortho intramolecular Hbond substituents is 1. The summed E-state index contributed by atoms with van der Waals surface area (Å²) in [6, 6.07) is 17.2. The first-order valence-corrected chi connectivity index (χ1v) is 30.6. The molecule has 4 aromatic rings. The van der Waals surface area contributed by atoms with Gasteiger partial charge in [0.2, 0.25) is 59.1 Å². The van der Waals surface area contributed by atoms with Crippen LogP contribution in [0.5, 0.6) is 5.75 Å². The molecule has 498 valence electrons. The van der Waals surface area contributed by atoms with Crippen LogP contribution in [0.25, 0.3) is 10.8 Å². The minimum Gasteiger partial charge on any atom is -0.508 e. The highest BCUT2D eigenvalue weighted by atomic mass is 16.3. The van der Waals surface area contributed by atoms with Crippen molar-refractivity contribution in [3.05, 3.63) is 114 Å². The van der Waals surface area contributed by atoms with Crippen LogP contribution in [-0.4, -0.2) is 187 Å². The number of guanidine groups is 2. The molecule has 21 N–H and O–H groups in total. The number of nitrogens with one attached hydrogen (secondary N) is 8. The number of carbonyl (C=O) groups excluding carboxylic acids is 10. The largest absolute Gasteiger partial charge is 0.508 e. The van der Waals surface area contributed by atoms with Crippen molar-refractivity contribution in [2.24, 2.45) is 50.3 Å². The van der Waals surface area contributed by atoms with Crippen LogP contribution in [0, 0.1) is 5.92 Å². The van der Waals surface area contributed by atoms with Gasteiger partial charge >= 0.3 is 0 Å². The van der Waals surface area contributed by atoms with Gasteiger partial charge in [0, 0.05) is 65.6 Å². The van der Waals surface area contributed by atoms with Gasteiger partial charge in [0.25, 0.3) is 0 Å². The van der Waals surface area contributed by atoms with E-state index in [-0.39, 0.29) is 94.6 Å². The van der Waals surface area contributed by atoms with Crippen LogP contribution in [0.1, 0.15) is 76.0 Å². The molecule has 29 heteroatoms. The fourth-order valence-electron chi connectivity index (χ4n) is 10.2. The summed E-state index contributed by atoms with van der Waals surface area (Å²) in [6.07, 6.45) is -0.681. The van der Waals surface area contributed by atoms with E-state index in [1.165, 1.54) is 26.1 Å². The van der Waals surface area contributed by atoms with Gasteiger partial charge in [-0.2, -0.15) is 0 Å². The highest BCUT2D eigenvalue weighted by Crippen LogP contribution is 2.19. The fraction of sp³-hybridized carbons (Fsp3) is 0.460. The second kappa shape index (κ2) is 36.7. The summed E-state index contributed by atoms with van der Waals surface area (Å²) in [6.45, 7) is 7.71. The zero-order valence-electron chi connectivity index (χ0n) is 52.5. The van der Waals surface area contributed by atoms with Gasteiger partial charge in [0.05, 0.1) is 13.0 Å². The summed E-state index contributed by atoms with van der Waals surface area (Å²) in [5, 5.41) is 34.3. The lowest BCUT2D eigenvalue weighted by Gasteiger charge is -2.31. The van der Waals surface area contributed by atoms with Gasteiger partial charge in [-0.05, 0) is 84.5 Å². The van der Waals surface area contributed by atoms with Crippen molar-refractivity contribution in [2.75, 3.05) is 52.9 Å². The number of carbonyl (C=O) groups is 10. The zero-order chi connectivity index (χ0) is 67.4. The summed E-state index contributed by atoms with van der Waals surface area (Å²) in [4.78, 5) is 150. The third-order valence-corrected chi connectivity index (χ3v) is 15.3. The smallest absolute Gasteiger partial charge is 0.245 e. The highest BCUT2D eigenvalue weighted by Gasteiger charge is 2.37. The molecule has 29 nitrogen and oxygen atoms in total. The number of nitrogens with zero attached hydrogens (tertiary/aromatic N) is 4. The van der Waals surface area contributed by atoms with Gasteiger partial charge in [-0.15, -0.1) is 0 Å². The van der Waals surface area contributed by atoms with Crippen molar-refractivity contribution in [1.29, 1.82) is 0 Å². The molecule has 8 atom stereocenters. The number of likely N-dealkylation sites (N-methyl/N-ethyl adjacent to an activating group) is 1. The lowest BCUT2D eigenvalue weighted by atomic mass is 9.98. The summed E-state index contributed by atoms with van der Waals surface area (Å²) in [5.41, 5.74) is 34.7. The van der Waals surface area contributed by atoms with Crippen molar-refractivity contribution in [3.63, 3.8) is 0 Å². The maximum absolute atomic E-state index is 15.0. The van der Waals surface area contributed by atoms with Crippen LogP contribution in [0.15, 0.2) is 107 Å². The van der Waals surface area contributed by atoms with Gasteiger partial charge in [-0.25, -0.2) is 0 Å². The van der Waals surface area contributed by atoms with E-state index in [0.29, 0.717) is 42.9 Å². The molecule has 92 heavy (non-hydrogen) atoms. The molecule has 4 aromatic carbocycles. The van der Waals surface area contributed by atoms with Crippen LogP contribution < -0.4 is 76.9 Å². The number of hydrogen-bond donors (Lipinski definition) is 15. The van der Waals surface area contributed by atoms with Crippen LogP contribution in [-0.2, 0) is 67.2 Å². The normalized spacial score (nSPS) is 14.8. The van der Waals surface area contributed by atoms with Crippen LogP contribution in [0.2, 0.25) is 0 Å². The number of fused-ring (bicyclic) bond motifs is 1. The molecule has 0 saturated carbocycles. The molecule has 0 aromatic heterocycles. The molecule has 0 unspecified atom stereocenters. The first kappa shape index (κ1) is 72.8. The van der Waals surface area contributed by atoms with Crippen molar-refractivity contribution in [3.8, 4) is 5.75 Å². The number of primary amides is 2. The Balaban J connectivity index is 1.44. The standard InChI is InChI=1S/C63H90N18O11/c1-37(2)30-48(77-60(91)51(34-41-18-21-42-14-8-9-15-43(42)31-41)79-58(89)49(33-40-19-22-44(82)23-20-40)73-53(84)36-81-28-26-70-27-29-81)57(88)78-50(32-39-12-6-5-7-13-39)59(90)75-46(17-11-25-72-63(68)69)61(92)80(4)38(3)55(86)74-45(16-10-24-71-62(66)67)56(87)76-47(54(65)85)35-52(64)83/h5-9,12-15,18-23,31,37-38,45-51,70,82H,10-11,16-17,24-30,32-36H2,1-4H3,(H2,64,83)(H2,65,85)(H,73,84)(H,74,86)(H,75,90)(H,76,87)(H,77,91)(H,78,88)(H,79,89)(H4,66,67,71)(H4,68,69,72)/t38-,45-,46-,47-,48-,49-,50-,51-/m0/s1. The monoisotopic (exact) mass is 1270 g/mol. The average Bonchev–Trinajstić information content (AvgIpc) is 1.08. The first-order valence-electron chi connectivity index (χ1n) is 30.6. The number of phenols is 1. The molecule has 0 bridgehead atoms. The zero-order valence-corrected chi connectivity index (χ0v) is 52.5. The number of aromatic hydroxyl groups is 1. The predicted molar refractivity (Wildman–Crippen MR) is 347 cm³/mol. The van der Waals surface area contributed by atoms with E-state index in [0.717, 1.165) is 15.7 Å². The second-order valence-electron chi connectivity index (χ2n) is 23.2. The van der Waals surface area contributed by atoms with E-state index in [1.807, 2.05) is 61.2 Å². The van der Waals surface area contributed by atoms with Gasteiger partial charge in [0.15, 0.2) is 11.9 Å². The fourth-order valence-corrected chi connectivity index (χ4v) is 10.2. The Bertz CT molecular complexity index is 3230. The topological polar surface area (TPSA) is 474 Å². The first-order chi connectivity index (χ1) is 43.8. The van der Waals surface area contributed by atoms with Crippen molar-refractivity contribution < 1.29 is 53.1 Å². The van der Waals surface area contributed by atoms with Gasteiger partial charge in [-0.1, -0.05) is 98.8 Å². The molecule has 10 amide bonds. The molecule has 0 spiro atoms. The maximum Gasteiger partial charge on any atom is 0.245 e. The Morgan fingerprint density at radius 1 is 0.533 bits per heavy atom. The minimum absolute atomic E-state index is 0.000323. The predicted octanol–water partition coefficient (Wildman–Crippen LogP) is -2.77. The quantitative estimate of drug-likeness (QED) is 0.0125. The number of piperazine rings is 1. The summed E-state index contributed by atoms with van der Waals surface area (Å²) in [7, 11) is 1.30. The molecule has 1 saturated heterocycles. The van der Waals surface area contributed by atoms with E-state index >= 15 is 4.79 Å². The molecule has 1 heterocycles. The van der Waals surface area contributed by atoms with Crippen LogP contribution >= 0.6 is 0 Å². The maximum atomic E-state index is 15.0. The SMILES string of the molecule is CC(C)C[C@H](NC(=O)[C@H](Cc1ccc2ccccc2c1)NC(=O)[C@H](Cc1ccc(O)cc1)NC(=O)CN1CCNCC1)C(=O)N[C@@H](Cc1ccccc1)C(=O)N[C@@H](CCCN=C(N)N)C(=O)N(C)[C@@H](C)C(=O)N[C@@H](CCCN=C(N)N)C(=O)N[C@@H](CC(N)=O)C(N)=O. The Labute approximate surface area is 534 Å². The Hall–Kier alpha value is -9.90. The van der Waals surface area contributed by atoms with Crippen molar-refractivity contribution >= 4 is 81.8 Å². The molecule has 0 radical (unpaired) electrons. The third kappa shape index (κ3) is 24.8. The highest BCUT2D eigenvalue weighted by molar-refractivity contribution is 5.99.